The molecule has 3 rings (SSSR count). The predicted molar refractivity (Wildman–Crippen MR) is 77.9 cm³/mol. The van der Waals surface area contributed by atoms with Gasteiger partial charge in [-0.3, -0.25) is 4.68 Å². The van der Waals surface area contributed by atoms with Crippen molar-refractivity contribution < 1.29 is 13.2 Å². The van der Waals surface area contributed by atoms with E-state index in [1.54, 1.807) is 6.20 Å². The topological polar surface area (TPSA) is 48.5 Å². The summed E-state index contributed by atoms with van der Waals surface area (Å²) in [7, 11) is 0. The van der Waals surface area contributed by atoms with Crippen LogP contribution in [-0.4, -0.2) is 30.7 Å². The number of hydrogen-bond donors (Lipinski definition) is 0. The third kappa shape index (κ3) is 3.73. The van der Waals surface area contributed by atoms with Crippen LogP contribution >= 0.6 is 0 Å². The molecule has 0 fully saturated rings. The van der Waals surface area contributed by atoms with Crippen molar-refractivity contribution in [1.82, 2.24) is 24.5 Å². The Kier molecular flexibility index (Phi) is 4.16. The molecule has 1 unspecified atom stereocenters. The Morgan fingerprint density at radius 2 is 2.13 bits per heavy atom. The molecule has 126 valence electrons. The third-order valence-corrected chi connectivity index (χ3v) is 3.98. The lowest BCUT2D eigenvalue weighted by Gasteiger charge is -2.23. The molecule has 0 aromatic carbocycles. The maximum atomic E-state index is 12.8. The normalized spacial score (nSPS) is 18.4. The Morgan fingerprint density at radius 1 is 1.35 bits per heavy atom. The minimum atomic E-state index is -4.30. The summed E-state index contributed by atoms with van der Waals surface area (Å²) in [6, 6.07) is 1.91. The van der Waals surface area contributed by atoms with Crippen molar-refractivity contribution in [2.24, 2.45) is 5.92 Å². The minimum Gasteiger partial charge on any atom is -0.270 e. The summed E-state index contributed by atoms with van der Waals surface area (Å²) < 4.78 is 41.5. The van der Waals surface area contributed by atoms with Crippen LogP contribution in [0.1, 0.15) is 43.5 Å². The standard InChI is InChI=1S/C15H20F3N5/c1-10(2)7-13-20-14(23(21-13)9-15(16,17)18)11-4-6-22-12(8-11)3-5-19-22/h3,5,10-11H,4,6-9H2,1-2H3. The lowest BCUT2D eigenvalue weighted by molar-refractivity contribution is -0.143. The molecule has 5 nitrogen and oxygen atoms in total. The number of alkyl halides is 3. The number of hydrogen-bond acceptors (Lipinski definition) is 3. The molecule has 0 aliphatic carbocycles. The van der Waals surface area contributed by atoms with Crippen molar-refractivity contribution in [2.45, 2.75) is 58.3 Å². The molecule has 1 atom stereocenters. The largest absolute Gasteiger partial charge is 0.408 e. The van der Waals surface area contributed by atoms with Crippen LogP contribution in [0.25, 0.3) is 0 Å². The molecule has 0 N–H and O–H groups in total. The molecular weight excluding hydrogens is 307 g/mol. The van der Waals surface area contributed by atoms with Gasteiger partial charge in [0.15, 0.2) is 5.82 Å². The number of rotatable bonds is 4. The quantitative estimate of drug-likeness (QED) is 0.867. The number of aryl methyl sites for hydroxylation is 1. The highest BCUT2D eigenvalue weighted by molar-refractivity contribution is 5.12. The second-order valence-electron chi connectivity index (χ2n) is 6.49. The summed E-state index contributed by atoms with van der Waals surface area (Å²) in [5.41, 5.74) is 1.04. The SMILES string of the molecule is CC(C)Cc1nc(C2CCn3nccc3C2)n(CC(F)(F)F)n1. The van der Waals surface area contributed by atoms with Crippen LogP contribution < -0.4 is 0 Å². The van der Waals surface area contributed by atoms with Crippen LogP contribution in [0.4, 0.5) is 13.2 Å². The summed E-state index contributed by atoms with van der Waals surface area (Å²) in [5, 5.41) is 8.32. The van der Waals surface area contributed by atoms with E-state index in [-0.39, 0.29) is 5.92 Å². The van der Waals surface area contributed by atoms with Gasteiger partial charge in [-0.15, -0.1) is 0 Å². The van der Waals surface area contributed by atoms with Crippen LogP contribution in [-0.2, 0) is 25.9 Å². The van der Waals surface area contributed by atoms with E-state index < -0.39 is 12.7 Å². The highest BCUT2D eigenvalue weighted by atomic mass is 19.4. The van der Waals surface area contributed by atoms with Crippen molar-refractivity contribution in [1.29, 1.82) is 0 Å². The van der Waals surface area contributed by atoms with Gasteiger partial charge in [-0.2, -0.15) is 23.4 Å². The molecule has 8 heteroatoms. The van der Waals surface area contributed by atoms with Gasteiger partial charge >= 0.3 is 6.18 Å². The number of fused-ring (bicyclic) bond motifs is 1. The number of nitrogens with zero attached hydrogens (tertiary/aromatic N) is 5. The molecule has 0 spiro atoms. The molecule has 0 bridgehead atoms. The van der Waals surface area contributed by atoms with Crippen LogP contribution in [0.3, 0.4) is 0 Å². The first kappa shape index (κ1) is 16.0. The van der Waals surface area contributed by atoms with E-state index in [1.165, 1.54) is 0 Å². The summed E-state index contributed by atoms with van der Waals surface area (Å²) >= 11 is 0. The molecule has 3 heterocycles. The molecule has 0 saturated carbocycles. The van der Waals surface area contributed by atoms with Gasteiger partial charge in [-0.25, -0.2) is 9.67 Å². The van der Waals surface area contributed by atoms with Crippen LogP contribution in [0.5, 0.6) is 0 Å². The molecule has 0 amide bonds. The molecular formula is C15H20F3N5. The van der Waals surface area contributed by atoms with E-state index in [1.807, 2.05) is 24.6 Å². The van der Waals surface area contributed by atoms with E-state index in [2.05, 4.69) is 15.2 Å². The lowest BCUT2D eigenvalue weighted by atomic mass is 9.95. The van der Waals surface area contributed by atoms with Crippen molar-refractivity contribution in [3.05, 3.63) is 29.6 Å². The predicted octanol–water partition coefficient (Wildman–Crippen LogP) is 2.97. The fourth-order valence-corrected chi connectivity index (χ4v) is 3.03. The smallest absolute Gasteiger partial charge is 0.270 e. The van der Waals surface area contributed by atoms with Gasteiger partial charge in [0.25, 0.3) is 0 Å². The molecule has 1 aliphatic heterocycles. The summed E-state index contributed by atoms with van der Waals surface area (Å²) in [6.07, 6.45) is -0.608. The monoisotopic (exact) mass is 327 g/mol. The van der Waals surface area contributed by atoms with Gasteiger partial charge in [0.1, 0.15) is 12.4 Å². The van der Waals surface area contributed by atoms with Crippen LogP contribution in [0.2, 0.25) is 0 Å². The van der Waals surface area contributed by atoms with Crippen molar-refractivity contribution in [2.75, 3.05) is 0 Å². The molecule has 0 saturated heterocycles. The zero-order valence-corrected chi connectivity index (χ0v) is 13.2. The Balaban J connectivity index is 1.88. The molecule has 23 heavy (non-hydrogen) atoms. The molecule has 2 aromatic rings. The Morgan fingerprint density at radius 3 is 2.83 bits per heavy atom. The van der Waals surface area contributed by atoms with Crippen LogP contribution in [0.15, 0.2) is 12.3 Å². The van der Waals surface area contributed by atoms with Crippen molar-refractivity contribution in [3.63, 3.8) is 0 Å². The molecule has 0 radical (unpaired) electrons. The van der Waals surface area contributed by atoms with E-state index in [0.29, 0.717) is 37.0 Å². The zero-order chi connectivity index (χ0) is 16.6. The summed E-state index contributed by atoms with van der Waals surface area (Å²) in [4.78, 5) is 4.44. The van der Waals surface area contributed by atoms with Gasteiger partial charge in [0.05, 0.1) is 0 Å². The van der Waals surface area contributed by atoms with Gasteiger partial charge in [0.2, 0.25) is 0 Å². The second kappa shape index (κ2) is 5.98. The lowest BCUT2D eigenvalue weighted by Crippen LogP contribution is -2.25. The zero-order valence-electron chi connectivity index (χ0n) is 13.2. The fourth-order valence-electron chi connectivity index (χ4n) is 3.03. The van der Waals surface area contributed by atoms with Gasteiger partial charge in [-0.1, -0.05) is 13.8 Å². The summed E-state index contributed by atoms with van der Waals surface area (Å²) in [5.74, 6) is 1.20. The minimum absolute atomic E-state index is 0.0463. The van der Waals surface area contributed by atoms with Crippen LogP contribution in [0, 0.1) is 5.92 Å². The first-order valence-corrected chi connectivity index (χ1v) is 7.83. The average Bonchev–Trinajstić information content (AvgIpc) is 3.02. The van der Waals surface area contributed by atoms with Gasteiger partial charge in [0, 0.05) is 30.8 Å². The van der Waals surface area contributed by atoms with Crippen molar-refractivity contribution >= 4 is 0 Å². The maximum absolute atomic E-state index is 12.8. The number of aromatic nitrogens is 5. The van der Waals surface area contributed by atoms with E-state index in [9.17, 15) is 13.2 Å². The third-order valence-electron chi connectivity index (χ3n) is 3.98. The maximum Gasteiger partial charge on any atom is 0.408 e. The Labute approximate surface area is 132 Å². The van der Waals surface area contributed by atoms with Gasteiger partial charge < -0.3 is 0 Å². The van der Waals surface area contributed by atoms with E-state index in [0.717, 1.165) is 16.8 Å². The number of halogens is 3. The average molecular weight is 327 g/mol. The van der Waals surface area contributed by atoms with E-state index in [4.69, 9.17) is 0 Å². The summed E-state index contributed by atoms with van der Waals surface area (Å²) in [6.45, 7) is 3.63. The van der Waals surface area contributed by atoms with Gasteiger partial charge in [-0.05, 0) is 24.8 Å². The molecule has 1 aliphatic rings. The fraction of sp³-hybridized carbons (Fsp3) is 0.667. The first-order valence-electron chi connectivity index (χ1n) is 7.83. The first-order chi connectivity index (χ1) is 10.8. The Hall–Kier alpha value is -1.86. The second-order valence-corrected chi connectivity index (χ2v) is 6.49. The Bertz CT molecular complexity index is 671. The highest BCUT2D eigenvalue weighted by Crippen LogP contribution is 2.29. The highest BCUT2D eigenvalue weighted by Gasteiger charge is 2.33. The van der Waals surface area contributed by atoms with Crippen molar-refractivity contribution in [3.8, 4) is 0 Å². The molecule has 2 aromatic heterocycles. The van der Waals surface area contributed by atoms with E-state index >= 15 is 0 Å².